The minimum atomic E-state index is -0.132. The zero-order valence-electron chi connectivity index (χ0n) is 8.19. The number of hydrogen-bond donors (Lipinski definition) is 1. The molecule has 0 unspecified atom stereocenters. The van der Waals surface area contributed by atoms with Gasteiger partial charge < -0.3 is 4.98 Å². The van der Waals surface area contributed by atoms with Crippen LogP contribution in [0.15, 0.2) is 23.4 Å². The van der Waals surface area contributed by atoms with Gasteiger partial charge in [-0.15, -0.1) is 0 Å². The smallest absolute Gasteiger partial charge is 0.312 e. The van der Waals surface area contributed by atoms with Crippen molar-refractivity contribution < 1.29 is 0 Å². The Morgan fingerprint density at radius 3 is 2.93 bits per heavy atom. The lowest BCUT2D eigenvalue weighted by Gasteiger charge is -1.97. The maximum absolute atomic E-state index is 11.4. The number of aryl methyl sites for hydroxylation is 2. The summed E-state index contributed by atoms with van der Waals surface area (Å²) in [5.41, 5.74) is 1.64. The van der Waals surface area contributed by atoms with Crippen molar-refractivity contribution in [2.75, 3.05) is 0 Å². The van der Waals surface area contributed by atoms with Crippen molar-refractivity contribution in [3.8, 4) is 5.69 Å². The van der Waals surface area contributed by atoms with Gasteiger partial charge in [-0.1, -0.05) is 6.92 Å². The normalized spacial score (nSPS) is 10.7. The molecule has 0 saturated heterocycles. The molecule has 0 saturated carbocycles. The summed E-state index contributed by atoms with van der Waals surface area (Å²) < 4.78 is 3.28. The zero-order valence-corrected chi connectivity index (χ0v) is 8.19. The molecular formula is C9H12N4O. The van der Waals surface area contributed by atoms with Crippen molar-refractivity contribution in [1.82, 2.24) is 19.3 Å². The van der Waals surface area contributed by atoms with Crippen LogP contribution in [-0.4, -0.2) is 19.3 Å². The monoisotopic (exact) mass is 192 g/mol. The van der Waals surface area contributed by atoms with Gasteiger partial charge in [0.05, 0.1) is 11.4 Å². The molecule has 2 rings (SSSR count). The Morgan fingerprint density at radius 1 is 1.57 bits per heavy atom. The van der Waals surface area contributed by atoms with Crippen LogP contribution in [0.2, 0.25) is 0 Å². The molecule has 0 fully saturated rings. The number of hydrogen-bond acceptors (Lipinski definition) is 2. The Hall–Kier alpha value is -1.78. The van der Waals surface area contributed by atoms with E-state index in [-0.39, 0.29) is 5.69 Å². The van der Waals surface area contributed by atoms with Gasteiger partial charge in [0.15, 0.2) is 0 Å². The molecule has 5 heteroatoms. The number of imidazole rings is 1. The van der Waals surface area contributed by atoms with Gasteiger partial charge in [-0.2, -0.15) is 5.10 Å². The lowest BCUT2D eigenvalue weighted by atomic mass is 10.3. The van der Waals surface area contributed by atoms with Gasteiger partial charge in [0.1, 0.15) is 0 Å². The molecule has 0 aromatic carbocycles. The molecule has 2 aromatic rings. The van der Waals surface area contributed by atoms with E-state index >= 15 is 0 Å². The summed E-state index contributed by atoms with van der Waals surface area (Å²) in [6, 6.07) is 0. The zero-order chi connectivity index (χ0) is 10.1. The second-order valence-electron chi connectivity index (χ2n) is 3.12. The molecular weight excluding hydrogens is 180 g/mol. The lowest BCUT2D eigenvalue weighted by Crippen LogP contribution is -2.14. The summed E-state index contributed by atoms with van der Waals surface area (Å²) in [4.78, 5) is 14.0. The number of nitrogens with zero attached hydrogens (tertiary/aromatic N) is 3. The minimum Gasteiger partial charge on any atom is -0.312 e. The maximum Gasteiger partial charge on any atom is 0.330 e. The van der Waals surface area contributed by atoms with Crippen LogP contribution in [0, 0.1) is 0 Å². The molecule has 0 aliphatic rings. The fourth-order valence-electron chi connectivity index (χ4n) is 1.49. The van der Waals surface area contributed by atoms with Crippen molar-refractivity contribution in [2.45, 2.75) is 13.3 Å². The van der Waals surface area contributed by atoms with Crippen LogP contribution in [0.25, 0.3) is 5.69 Å². The average Bonchev–Trinajstić information content (AvgIpc) is 2.71. The van der Waals surface area contributed by atoms with E-state index in [1.54, 1.807) is 21.6 Å². The van der Waals surface area contributed by atoms with Crippen LogP contribution in [0.1, 0.15) is 12.6 Å². The van der Waals surface area contributed by atoms with Gasteiger partial charge >= 0.3 is 5.69 Å². The van der Waals surface area contributed by atoms with E-state index < -0.39 is 0 Å². The standard InChI is InChI=1S/C9H12N4O/c1-3-7-8(6-12(2)11-7)13-5-4-10-9(13)14/h4-6H,3H2,1-2H3,(H,10,14). The SMILES string of the molecule is CCc1nn(C)cc1-n1cc[nH]c1=O. The lowest BCUT2D eigenvalue weighted by molar-refractivity contribution is 0.746. The minimum absolute atomic E-state index is 0.132. The summed E-state index contributed by atoms with van der Waals surface area (Å²) >= 11 is 0. The van der Waals surface area contributed by atoms with E-state index in [2.05, 4.69) is 10.1 Å². The van der Waals surface area contributed by atoms with Gasteiger partial charge in [-0.05, 0) is 6.42 Å². The van der Waals surface area contributed by atoms with Crippen molar-refractivity contribution in [1.29, 1.82) is 0 Å². The molecule has 2 aromatic heterocycles. The highest BCUT2D eigenvalue weighted by atomic mass is 16.1. The highest BCUT2D eigenvalue weighted by Gasteiger charge is 2.08. The van der Waals surface area contributed by atoms with Crippen LogP contribution in [-0.2, 0) is 13.5 Å². The molecule has 1 N–H and O–H groups in total. The highest BCUT2D eigenvalue weighted by Crippen LogP contribution is 2.10. The molecule has 74 valence electrons. The summed E-state index contributed by atoms with van der Waals surface area (Å²) in [5.74, 6) is 0. The Bertz CT molecular complexity index is 491. The van der Waals surface area contributed by atoms with E-state index in [0.29, 0.717) is 0 Å². The van der Waals surface area contributed by atoms with E-state index in [9.17, 15) is 4.79 Å². The van der Waals surface area contributed by atoms with Crippen LogP contribution < -0.4 is 5.69 Å². The molecule has 0 aliphatic heterocycles. The first-order valence-electron chi connectivity index (χ1n) is 4.51. The third-order valence-electron chi connectivity index (χ3n) is 2.13. The first-order valence-corrected chi connectivity index (χ1v) is 4.51. The largest absolute Gasteiger partial charge is 0.330 e. The summed E-state index contributed by atoms with van der Waals surface area (Å²) in [5, 5.41) is 4.27. The Kier molecular flexibility index (Phi) is 1.99. The average molecular weight is 192 g/mol. The number of aromatic nitrogens is 4. The van der Waals surface area contributed by atoms with Gasteiger partial charge in [-0.3, -0.25) is 9.25 Å². The summed E-state index contributed by atoms with van der Waals surface area (Å²) in [7, 11) is 1.85. The quantitative estimate of drug-likeness (QED) is 0.751. The van der Waals surface area contributed by atoms with Gasteiger partial charge in [0.2, 0.25) is 0 Å². The van der Waals surface area contributed by atoms with E-state index in [1.807, 2.05) is 20.2 Å². The molecule has 14 heavy (non-hydrogen) atoms. The second kappa shape index (κ2) is 3.17. The predicted molar refractivity (Wildman–Crippen MR) is 52.5 cm³/mol. The first kappa shape index (κ1) is 8.80. The van der Waals surface area contributed by atoms with Crippen molar-refractivity contribution in [3.05, 3.63) is 34.8 Å². The molecule has 0 bridgehead atoms. The molecule has 5 nitrogen and oxygen atoms in total. The first-order chi connectivity index (χ1) is 6.72. The fraction of sp³-hybridized carbons (Fsp3) is 0.333. The van der Waals surface area contributed by atoms with Gasteiger partial charge in [-0.25, -0.2) is 4.79 Å². The van der Waals surface area contributed by atoms with Crippen molar-refractivity contribution >= 4 is 0 Å². The van der Waals surface area contributed by atoms with Gasteiger partial charge in [0, 0.05) is 25.6 Å². The summed E-state index contributed by atoms with van der Waals surface area (Å²) in [6.07, 6.45) is 5.98. The van der Waals surface area contributed by atoms with Gasteiger partial charge in [0.25, 0.3) is 0 Å². The van der Waals surface area contributed by atoms with E-state index in [4.69, 9.17) is 0 Å². The van der Waals surface area contributed by atoms with Crippen LogP contribution in [0.5, 0.6) is 0 Å². The molecule has 2 heterocycles. The molecule has 0 aliphatic carbocycles. The van der Waals surface area contributed by atoms with Crippen molar-refractivity contribution in [2.24, 2.45) is 7.05 Å². The third-order valence-corrected chi connectivity index (χ3v) is 2.13. The number of nitrogens with one attached hydrogen (secondary N) is 1. The predicted octanol–water partition coefficient (Wildman–Crippen LogP) is 0.462. The van der Waals surface area contributed by atoms with Crippen LogP contribution >= 0.6 is 0 Å². The number of aromatic amines is 1. The Morgan fingerprint density at radius 2 is 2.36 bits per heavy atom. The molecule has 0 atom stereocenters. The third kappa shape index (κ3) is 1.26. The van der Waals surface area contributed by atoms with E-state index in [1.165, 1.54) is 0 Å². The Labute approximate surface area is 81.0 Å². The number of H-pyrrole nitrogens is 1. The van der Waals surface area contributed by atoms with Crippen molar-refractivity contribution in [3.63, 3.8) is 0 Å². The van der Waals surface area contributed by atoms with Crippen LogP contribution in [0.3, 0.4) is 0 Å². The molecule has 0 amide bonds. The fourth-order valence-corrected chi connectivity index (χ4v) is 1.49. The Balaban J connectivity index is 2.61. The second-order valence-corrected chi connectivity index (χ2v) is 3.12. The number of rotatable bonds is 2. The topological polar surface area (TPSA) is 55.6 Å². The van der Waals surface area contributed by atoms with E-state index in [0.717, 1.165) is 17.8 Å². The molecule has 0 spiro atoms. The van der Waals surface area contributed by atoms with Crippen LogP contribution in [0.4, 0.5) is 0 Å². The summed E-state index contributed by atoms with van der Waals surface area (Å²) in [6.45, 7) is 2.02. The molecule has 0 radical (unpaired) electrons. The maximum atomic E-state index is 11.4. The highest BCUT2D eigenvalue weighted by molar-refractivity contribution is 5.34.